The minimum atomic E-state index is -0.168. The fourth-order valence-corrected chi connectivity index (χ4v) is 2.59. The lowest BCUT2D eigenvalue weighted by molar-refractivity contribution is 0.192. The summed E-state index contributed by atoms with van der Waals surface area (Å²) in [5, 5.41) is 7.70. The van der Waals surface area contributed by atoms with Gasteiger partial charge in [0.05, 0.1) is 0 Å². The summed E-state index contributed by atoms with van der Waals surface area (Å²) in [7, 11) is 0. The van der Waals surface area contributed by atoms with E-state index >= 15 is 0 Å². The van der Waals surface area contributed by atoms with Crippen molar-refractivity contribution in [2.45, 2.75) is 25.3 Å². The van der Waals surface area contributed by atoms with E-state index in [1.165, 1.54) is 12.5 Å². The largest absolute Gasteiger partial charge is 0.428 e. The van der Waals surface area contributed by atoms with Crippen molar-refractivity contribution in [3.63, 3.8) is 0 Å². The van der Waals surface area contributed by atoms with Crippen molar-refractivity contribution >= 4 is 0 Å². The first-order valence-corrected chi connectivity index (χ1v) is 6.54. The second kappa shape index (κ2) is 5.48. The lowest BCUT2D eigenvalue weighted by Crippen LogP contribution is -2.32. The van der Waals surface area contributed by atoms with Gasteiger partial charge in [0.25, 0.3) is 0 Å². The second-order valence-corrected chi connectivity index (χ2v) is 4.96. The average Bonchev–Trinajstić information content (AvgIpc) is 2.94. The number of nitrogens with zero attached hydrogens (tertiary/aromatic N) is 3. The van der Waals surface area contributed by atoms with Gasteiger partial charge in [-0.3, -0.25) is 4.90 Å². The molecule has 0 aliphatic carbocycles. The smallest absolute Gasteiger partial charge is 0.219 e. The van der Waals surface area contributed by atoms with Gasteiger partial charge in [-0.25, -0.2) is 4.39 Å². The third-order valence-corrected chi connectivity index (χ3v) is 3.61. The third-order valence-electron chi connectivity index (χ3n) is 3.61. The van der Waals surface area contributed by atoms with Crippen LogP contribution >= 0.6 is 0 Å². The van der Waals surface area contributed by atoms with Crippen LogP contribution in [0.25, 0.3) is 0 Å². The van der Waals surface area contributed by atoms with Gasteiger partial charge in [-0.05, 0) is 43.6 Å². The van der Waals surface area contributed by atoms with Gasteiger partial charge in [0.15, 0.2) is 0 Å². The Kier molecular flexibility index (Phi) is 3.55. The molecule has 1 aromatic heterocycles. The van der Waals surface area contributed by atoms with Crippen LogP contribution in [0.5, 0.6) is 0 Å². The van der Waals surface area contributed by atoms with Crippen LogP contribution in [0.2, 0.25) is 0 Å². The Morgan fingerprint density at radius 1 is 1.32 bits per heavy atom. The highest BCUT2D eigenvalue weighted by molar-refractivity contribution is 5.16. The predicted molar refractivity (Wildman–Crippen MR) is 68.0 cm³/mol. The number of hydrogen-bond donors (Lipinski definition) is 0. The molecule has 2 aromatic rings. The molecule has 4 nitrogen and oxygen atoms in total. The highest BCUT2D eigenvalue weighted by Gasteiger charge is 2.23. The van der Waals surface area contributed by atoms with Gasteiger partial charge in [0, 0.05) is 12.5 Å². The van der Waals surface area contributed by atoms with Crippen LogP contribution in [0.3, 0.4) is 0 Å². The summed E-state index contributed by atoms with van der Waals surface area (Å²) in [6.45, 7) is 2.75. The van der Waals surface area contributed by atoms with Crippen LogP contribution in [0, 0.1) is 5.82 Å². The van der Waals surface area contributed by atoms with Gasteiger partial charge >= 0.3 is 0 Å². The number of aromatic nitrogens is 2. The lowest BCUT2D eigenvalue weighted by Gasteiger charge is -2.30. The first-order chi connectivity index (χ1) is 9.31. The molecule has 2 heterocycles. The molecule has 1 saturated heterocycles. The Bertz CT molecular complexity index is 521. The molecule has 0 bridgehead atoms. The van der Waals surface area contributed by atoms with E-state index < -0.39 is 0 Å². The average molecular weight is 261 g/mol. The molecule has 0 saturated carbocycles. The fraction of sp³-hybridized carbons (Fsp3) is 0.429. The summed E-state index contributed by atoms with van der Waals surface area (Å²) in [5.41, 5.74) is 1.02. The molecule has 0 unspecified atom stereocenters. The number of benzene rings is 1. The van der Waals surface area contributed by atoms with Crippen molar-refractivity contribution in [1.82, 2.24) is 15.1 Å². The van der Waals surface area contributed by atoms with Crippen LogP contribution in [-0.4, -0.2) is 28.2 Å². The molecule has 1 fully saturated rings. The lowest BCUT2D eigenvalue weighted by atomic mass is 9.96. The molecule has 1 aromatic carbocycles. The number of piperidine rings is 1. The summed E-state index contributed by atoms with van der Waals surface area (Å²) < 4.78 is 18.4. The molecule has 0 spiro atoms. The van der Waals surface area contributed by atoms with E-state index in [2.05, 4.69) is 15.1 Å². The van der Waals surface area contributed by atoms with Gasteiger partial charge < -0.3 is 4.42 Å². The molecular formula is C14H16FN3O. The number of halogens is 1. The van der Waals surface area contributed by atoms with Crippen LogP contribution in [0.4, 0.5) is 4.39 Å². The Labute approximate surface area is 111 Å². The molecule has 0 atom stereocenters. The van der Waals surface area contributed by atoms with E-state index in [0.717, 1.165) is 43.9 Å². The van der Waals surface area contributed by atoms with Crippen LogP contribution in [0.15, 0.2) is 35.1 Å². The molecule has 1 aliphatic heterocycles. The van der Waals surface area contributed by atoms with Crippen LogP contribution < -0.4 is 0 Å². The van der Waals surface area contributed by atoms with Gasteiger partial charge in [-0.1, -0.05) is 12.1 Å². The zero-order chi connectivity index (χ0) is 13.1. The zero-order valence-corrected chi connectivity index (χ0v) is 10.6. The quantitative estimate of drug-likeness (QED) is 0.851. The molecular weight excluding hydrogens is 245 g/mol. The van der Waals surface area contributed by atoms with Crippen molar-refractivity contribution in [1.29, 1.82) is 0 Å². The van der Waals surface area contributed by atoms with Gasteiger partial charge in [0.2, 0.25) is 12.3 Å². The normalized spacial score (nSPS) is 17.7. The highest BCUT2D eigenvalue weighted by Crippen LogP contribution is 2.26. The molecule has 1 aliphatic rings. The molecule has 3 rings (SSSR count). The zero-order valence-electron chi connectivity index (χ0n) is 10.6. The monoisotopic (exact) mass is 261 g/mol. The Hall–Kier alpha value is -1.75. The Morgan fingerprint density at radius 3 is 2.84 bits per heavy atom. The molecule has 0 radical (unpaired) electrons. The van der Waals surface area contributed by atoms with E-state index in [1.54, 1.807) is 12.1 Å². The number of rotatable bonds is 3. The topological polar surface area (TPSA) is 42.2 Å². The molecule has 0 amide bonds. The van der Waals surface area contributed by atoms with E-state index in [-0.39, 0.29) is 5.82 Å². The molecule has 19 heavy (non-hydrogen) atoms. The van der Waals surface area contributed by atoms with Crippen molar-refractivity contribution in [2.75, 3.05) is 13.1 Å². The van der Waals surface area contributed by atoms with Crippen LogP contribution in [0.1, 0.15) is 30.2 Å². The number of hydrogen-bond acceptors (Lipinski definition) is 4. The fourth-order valence-electron chi connectivity index (χ4n) is 2.59. The molecule has 5 heteroatoms. The first kappa shape index (κ1) is 12.3. The van der Waals surface area contributed by atoms with E-state index in [1.807, 2.05) is 6.07 Å². The summed E-state index contributed by atoms with van der Waals surface area (Å²) in [4.78, 5) is 2.33. The van der Waals surface area contributed by atoms with Crippen molar-refractivity contribution in [2.24, 2.45) is 0 Å². The SMILES string of the molecule is Fc1cccc(CN2CCC(c3nnco3)CC2)c1. The third kappa shape index (κ3) is 2.98. The second-order valence-electron chi connectivity index (χ2n) is 4.96. The standard InChI is InChI=1S/C14H16FN3O/c15-13-3-1-2-11(8-13)9-18-6-4-12(5-7-18)14-17-16-10-19-14/h1-3,8,10,12H,4-7,9H2. The first-order valence-electron chi connectivity index (χ1n) is 6.54. The van der Waals surface area contributed by atoms with Crippen molar-refractivity contribution in [3.05, 3.63) is 47.9 Å². The summed E-state index contributed by atoms with van der Waals surface area (Å²) in [6.07, 6.45) is 3.41. The van der Waals surface area contributed by atoms with E-state index in [0.29, 0.717) is 5.92 Å². The maximum absolute atomic E-state index is 13.1. The van der Waals surface area contributed by atoms with Crippen molar-refractivity contribution < 1.29 is 8.81 Å². The minimum absolute atomic E-state index is 0.168. The predicted octanol–water partition coefficient (Wildman–Crippen LogP) is 2.59. The maximum Gasteiger partial charge on any atom is 0.219 e. The highest BCUT2D eigenvalue weighted by atomic mass is 19.1. The number of likely N-dealkylation sites (tertiary alicyclic amines) is 1. The van der Waals surface area contributed by atoms with Gasteiger partial charge in [-0.2, -0.15) is 0 Å². The summed E-state index contributed by atoms with van der Waals surface area (Å²) >= 11 is 0. The summed E-state index contributed by atoms with van der Waals surface area (Å²) in [5.74, 6) is 0.940. The summed E-state index contributed by atoms with van der Waals surface area (Å²) in [6, 6.07) is 6.80. The van der Waals surface area contributed by atoms with Gasteiger partial charge in [0.1, 0.15) is 5.82 Å². The van der Waals surface area contributed by atoms with Gasteiger partial charge in [-0.15, -0.1) is 10.2 Å². The molecule has 100 valence electrons. The molecule has 0 N–H and O–H groups in total. The van der Waals surface area contributed by atoms with E-state index in [4.69, 9.17) is 4.42 Å². The van der Waals surface area contributed by atoms with E-state index in [9.17, 15) is 4.39 Å². The Morgan fingerprint density at radius 2 is 2.16 bits per heavy atom. The Balaban J connectivity index is 1.56. The minimum Gasteiger partial charge on any atom is -0.428 e. The maximum atomic E-state index is 13.1. The van der Waals surface area contributed by atoms with Crippen molar-refractivity contribution in [3.8, 4) is 0 Å². The van der Waals surface area contributed by atoms with Crippen LogP contribution in [-0.2, 0) is 6.54 Å².